The summed E-state index contributed by atoms with van der Waals surface area (Å²) >= 11 is 1.41. The van der Waals surface area contributed by atoms with Crippen LogP contribution in [0.15, 0.2) is 12.3 Å². The van der Waals surface area contributed by atoms with Crippen LogP contribution in [-0.4, -0.2) is 47.9 Å². The number of rotatable bonds is 9. The molecule has 0 bridgehead atoms. The normalized spacial score (nSPS) is 15.8. The Hall–Kier alpha value is -0.130. The number of ether oxygens (including phenoxy) is 2. The van der Waals surface area contributed by atoms with E-state index >= 15 is 0 Å². The van der Waals surface area contributed by atoms with Crippen molar-refractivity contribution in [1.82, 2.24) is 0 Å². The lowest BCUT2D eigenvalue weighted by Gasteiger charge is -2.05. The molecule has 1 saturated heterocycles. The summed E-state index contributed by atoms with van der Waals surface area (Å²) in [6.07, 6.45) is 2.62. The fourth-order valence-corrected chi connectivity index (χ4v) is 4.97. The summed E-state index contributed by atoms with van der Waals surface area (Å²) in [6.45, 7) is 7.17. The first-order chi connectivity index (χ1) is 8.68. The highest BCUT2D eigenvalue weighted by Gasteiger charge is 2.26. The maximum Gasteiger partial charge on any atom is 0.238 e. The summed E-state index contributed by atoms with van der Waals surface area (Å²) in [5, 5.41) is 0.335. The average molecular weight is 291 g/mol. The topological polar surface area (TPSA) is 35.5 Å². The molecule has 5 heteroatoms. The molecule has 0 aromatic rings. The highest BCUT2D eigenvalue weighted by Crippen LogP contribution is 2.16. The van der Waals surface area contributed by atoms with Crippen molar-refractivity contribution >= 4 is 27.8 Å². The fourth-order valence-electron chi connectivity index (χ4n) is 1.66. The van der Waals surface area contributed by atoms with Gasteiger partial charge in [0.1, 0.15) is 18.1 Å². The molecule has 18 heavy (non-hydrogen) atoms. The molecule has 0 spiro atoms. The molecule has 1 heterocycles. The molecule has 0 aromatic carbocycles. The fraction of sp³-hybridized carbons (Fsp3) is 0.769. The Bertz CT molecular complexity index is 263. The lowest BCUT2D eigenvalue weighted by atomic mass is 10.4. The van der Waals surface area contributed by atoms with Crippen LogP contribution in [-0.2, 0) is 25.2 Å². The minimum atomic E-state index is 0.335. The van der Waals surface area contributed by atoms with Gasteiger partial charge in [0.2, 0.25) is 5.12 Å². The van der Waals surface area contributed by atoms with Gasteiger partial charge in [-0.25, -0.2) is 0 Å². The van der Waals surface area contributed by atoms with Crippen molar-refractivity contribution in [1.29, 1.82) is 0 Å². The van der Waals surface area contributed by atoms with Crippen molar-refractivity contribution in [2.75, 3.05) is 42.8 Å². The van der Waals surface area contributed by atoms with Gasteiger partial charge in [0.15, 0.2) is 5.75 Å². The van der Waals surface area contributed by atoms with Crippen LogP contribution in [0.3, 0.4) is 0 Å². The highest BCUT2D eigenvalue weighted by atomic mass is 32.2. The molecule has 1 rings (SSSR count). The van der Waals surface area contributed by atoms with Gasteiger partial charge in [0.05, 0.1) is 19.0 Å². The van der Waals surface area contributed by atoms with Gasteiger partial charge in [0.25, 0.3) is 0 Å². The number of carbonyl (C=O) groups excluding carboxylic acids is 1. The van der Waals surface area contributed by atoms with Crippen LogP contribution in [0.2, 0.25) is 0 Å². The molecular weight excluding hydrogens is 268 g/mol. The van der Waals surface area contributed by atoms with E-state index in [0.717, 1.165) is 11.5 Å². The first-order valence-corrected chi connectivity index (χ1v) is 9.06. The van der Waals surface area contributed by atoms with E-state index in [0.29, 0.717) is 41.6 Å². The Kier molecular flexibility index (Phi) is 8.63. The minimum absolute atomic E-state index is 0.335. The molecule has 0 amide bonds. The van der Waals surface area contributed by atoms with E-state index in [1.54, 1.807) is 0 Å². The van der Waals surface area contributed by atoms with Crippen molar-refractivity contribution in [2.45, 2.75) is 19.8 Å². The number of hydrogen-bond acceptors (Lipinski definition) is 4. The maximum absolute atomic E-state index is 11.7. The van der Waals surface area contributed by atoms with Crippen LogP contribution in [0.5, 0.6) is 0 Å². The number of allylic oxidation sites excluding steroid dienone is 1. The number of carbonyl (C=O) groups is 1. The molecule has 104 valence electrons. The van der Waals surface area contributed by atoms with E-state index in [1.807, 2.05) is 6.92 Å². The molecular formula is C13H23O3S2+. The Balaban J connectivity index is 1.87. The summed E-state index contributed by atoms with van der Waals surface area (Å²) in [4.78, 5) is 11.7. The molecule has 0 unspecified atom stereocenters. The van der Waals surface area contributed by atoms with Crippen LogP contribution in [0.1, 0.15) is 19.8 Å². The minimum Gasteiger partial charge on any atom is -0.496 e. The van der Waals surface area contributed by atoms with Crippen LogP contribution < -0.4 is 0 Å². The summed E-state index contributed by atoms with van der Waals surface area (Å²) in [5.41, 5.74) is 0. The van der Waals surface area contributed by atoms with Gasteiger partial charge in [-0.3, -0.25) is 4.79 Å². The lowest BCUT2D eigenvalue weighted by Crippen LogP contribution is -2.16. The third-order valence-electron chi connectivity index (χ3n) is 2.50. The Morgan fingerprint density at radius 3 is 2.67 bits per heavy atom. The average Bonchev–Trinajstić information content (AvgIpc) is 2.80. The Morgan fingerprint density at radius 1 is 1.28 bits per heavy atom. The van der Waals surface area contributed by atoms with E-state index in [9.17, 15) is 4.79 Å². The second-order valence-electron chi connectivity index (χ2n) is 4.26. The molecule has 3 nitrogen and oxygen atoms in total. The van der Waals surface area contributed by atoms with Crippen molar-refractivity contribution < 1.29 is 14.3 Å². The van der Waals surface area contributed by atoms with Gasteiger partial charge >= 0.3 is 0 Å². The summed E-state index contributed by atoms with van der Waals surface area (Å²) in [6, 6.07) is 0. The zero-order valence-corrected chi connectivity index (χ0v) is 12.7. The van der Waals surface area contributed by atoms with Crippen LogP contribution in [0.25, 0.3) is 0 Å². The molecule has 1 aliphatic rings. The van der Waals surface area contributed by atoms with Gasteiger partial charge in [-0.1, -0.05) is 18.3 Å². The van der Waals surface area contributed by atoms with Gasteiger partial charge in [-0.05, 0) is 30.7 Å². The molecule has 0 N–H and O–H groups in total. The first-order valence-electron chi connectivity index (χ1n) is 6.34. The SMILES string of the molecule is C=C(C)OCCOCCSC(=O)C[S+]1CCCC1. The monoisotopic (exact) mass is 291 g/mol. The second-order valence-corrected chi connectivity index (χ2v) is 7.74. The van der Waals surface area contributed by atoms with Crippen LogP contribution in [0.4, 0.5) is 0 Å². The van der Waals surface area contributed by atoms with Gasteiger partial charge in [-0.2, -0.15) is 0 Å². The molecule has 1 fully saturated rings. The summed E-state index contributed by atoms with van der Waals surface area (Å²) in [7, 11) is 0.386. The molecule has 0 aliphatic carbocycles. The van der Waals surface area contributed by atoms with Crippen molar-refractivity contribution in [2.24, 2.45) is 0 Å². The van der Waals surface area contributed by atoms with E-state index in [-0.39, 0.29) is 0 Å². The van der Waals surface area contributed by atoms with Gasteiger partial charge < -0.3 is 9.47 Å². The summed E-state index contributed by atoms with van der Waals surface area (Å²) in [5.74, 6) is 4.77. The third kappa shape index (κ3) is 8.06. The maximum atomic E-state index is 11.7. The third-order valence-corrected chi connectivity index (χ3v) is 5.93. The first kappa shape index (κ1) is 15.9. The van der Waals surface area contributed by atoms with Gasteiger partial charge in [-0.15, -0.1) is 0 Å². The van der Waals surface area contributed by atoms with E-state index in [4.69, 9.17) is 9.47 Å². The highest BCUT2D eigenvalue weighted by molar-refractivity contribution is 8.15. The van der Waals surface area contributed by atoms with Crippen LogP contribution >= 0.6 is 11.8 Å². The number of hydrogen-bond donors (Lipinski definition) is 0. The molecule has 0 saturated carbocycles. The largest absolute Gasteiger partial charge is 0.496 e. The molecule has 0 atom stereocenters. The Labute approximate surface area is 117 Å². The zero-order chi connectivity index (χ0) is 13.2. The quantitative estimate of drug-likeness (QED) is 0.371. The van der Waals surface area contributed by atoms with E-state index in [2.05, 4.69) is 6.58 Å². The van der Waals surface area contributed by atoms with Crippen molar-refractivity contribution in [3.63, 3.8) is 0 Å². The van der Waals surface area contributed by atoms with Gasteiger partial charge in [0, 0.05) is 5.75 Å². The number of thioether (sulfide) groups is 1. The predicted molar refractivity (Wildman–Crippen MR) is 80.3 cm³/mol. The smallest absolute Gasteiger partial charge is 0.238 e. The molecule has 1 aliphatic heterocycles. The Morgan fingerprint density at radius 2 is 2.00 bits per heavy atom. The predicted octanol–water partition coefficient (Wildman–Crippen LogP) is 2.23. The molecule has 0 aromatic heterocycles. The standard InChI is InChI=1S/C13H23O3S2/c1-12(2)16-6-5-15-7-8-17-13(14)11-18-9-3-4-10-18/h1,3-11H2,2H3/q+1. The van der Waals surface area contributed by atoms with Crippen LogP contribution in [0, 0.1) is 0 Å². The summed E-state index contributed by atoms with van der Waals surface area (Å²) < 4.78 is 10.5. The molecule has 0 radical (unpaired) electrons. The van der Waals surface area contributed by atoms with E-state index in [1.165, 1.54) is 36.1 Å². The lowest BCUT2D eigenvalue weighted by molar-refractivity contribution is -0.108. The zero-order valence-electron chi connectivity index (χ0n) is 11.1. The van der Waals surface area contributed by atoms with Crippen molar-refractivity contribution in [3.05, 3.63) is 12.3 Å². The second kappa shape index (κ2) is 9.75. The van der Waals surface area contributed by atoms with Crippen molar-refractivity contribution in [3.8, 4) is 0 Å². The van der Waals surface area contributed by atoms with E-state index < -0.39 is 0 Å².